The maximum Gasteiger partial charge on any atom is 0.259 e. The van der Waals surface area contributed by atoms with E-state index in [1.807, 2.05) is 24.6 Å². The molecule has 0 radical (unpaired) electrons. The highest BCUT2D eigenvalue weighted by atomic mass is 19.1. The minimum Gasteiger partial charge on any atom is -0.344 e. The number of benzene rings is 1. The van der Waals surface area contributed by atoms with Gasteiger partial charge >= 0.3 is 0 Å². The lowest BCUT2D eigenvalue weighted by atomic mass is 10.0. The van der Waals surface area contributed by atoms with E-state index in [2.05, 4.69) is 30.5 Å². The highest BCUT2D eigenvalue weighted by Gasteiger charge is 2.26. The molecule has 8 nitrogen and oxygen atoms in total. The number of hydrogen-bond acceptors (Lipinski definition) is 5. The summed E-state index contributed by atoms with van der Waals surface area (Å²) in [6.45, 7) is 5.83. The van der Waals surface area contributed by atoms with E-state index in [1.165, 1.54) is 12.1 Å². The summed E-state index contributed by atoms with van der Waals surface area (Å²) in [5.74, 6) is 0.839. The van der Waals surface area contributed by atoms with Crippen LogP contribution in [0.5, 0.6) is 0 Å². The third-order valence-electron chi connectivity index (χ3n) is 5.76. The van der Waals surface area contributed by atoms with E-state index in [0.717, 1.165) is 18.5 Å². The summed E-state index contributed by atoms with van der Waals surface area (Å²) in [5.41, 5.74) is 2.90. The number of amides is 1. The molecule has 0 saturated heterocycles. The number of nitrogens with zero attached hydrogens (tertiary/aromatic N) is 5. The van der Waals surface area contributed by atoms with Crippen LogP contribution in [0.25, 0.3) is 22.9 Å². The molecular weight excluding hydrogens is 421 g/mol. The number of hydrogen-bond donors (Lipinski definition) is 2. The molecule has 0 bridgehead atoms. The van der Waals surface area contributed by atoms with Crippen LogP contribution in [0.2, 0.25) is 0 Å². The molecule has 9 heteroatoms. The standard InChI is InChI=1S/C24H24FN7O/c1-13(2)32-12-27-31-23(32)19-5-4-6-21(28-19)30-24(33)17-10-16(14(3)9-18(17)25)22-26-11-20(29-22)15-7-8-15/h4-6,9-13,15H,7-8H2,1-3H3,(H,26,29)(H,28,30,33). The second-order valence-corrected chi connectivity index (χ2v) is 8.61. The Balaban J connectivity index is 1.42. The van der Waals surface area contributed by atoms with Crippen molar-refractivity contribution in [3.05, 3.63) is 65.5 Å². The van der Waals surface area contributed by atoms with Crippen LogP contribution in [0.15, 0.2) is 42.9 Å². The molecule has 1 aliphatic carbocycles. The molecular formula is C24H24FN7O. The van der Waals surface area contributed by atoms with Gasteiger partial charge in [-0.05, 0) is 63.4 Å². The summed E-state index contributed by atoms with van der Waals surface area (Å²) >= 11 is 0. The highest BCUT2D eigenvalue weighted by molar-refractivity contribution is 6.04. The summed E-state index contributed by atoms with van der Waals surface area (Å²) in [5, 5.41) is 10.8. The zero-order valence-electron chi connectivity index (χ0n) is 18.6. The Morgan fingerprint density at radius 2 is 2.06 bits per heavy atom. The van der Waals surface area contributed by atoms with E-state index in [1.54, 1.807) is 31.5 Å². The van der Waals surface area contributed by atoms with Gasteiger partial charge in [-0.3, -0.25) is 4.79 Å². The number of aromatic amines is 1. The predicted octanol–water partition coefficient (Wildman–Crippen LogP) is 4.89. The van der Waals surface area contributed by atoms with Crippen molar-refractivity contribution in [1.82, 2.24) is 29.7 Å². The molecule has 3 aromatic heterocycles. The third kappa shape index (κ3) is 4.13. The van der Waals surface area contributed by atoms with Crippen LogP contribution >= 0.6 is 0 Å². The molecule has 1 fully saturated rings. The molecule has 2 N–H and O–H groups in total. The quantitative estimate of drug-likeness (QED) is 0.440. The second-order valence-electron chi connectivity index (χ2n) is 8.61. The molecule has 0 spiro atoms. The number of H-pyrrole nitrogens is 1. The molecule has 0 unspecified atom stereocenters. The van der Waals surface area contributed by atoms with Crippen LogP contribution in [0.1, 0.15) is 60.3 Å². The van der Waals surface area contributed by atoms with E-state index < -0.39 is 11.7 Å². The lowest BCUT2D eigenvalue weighted by molar-refractivity contribution is 0.102. The topological polar surface area (TPSA) is 101 Å². The molecule has 0 atom stereocenters. The molecule has 3 heterocycles. The fourth-order valence-electron chi connectivity index (χ4n) is 3.78. The van der Waals surface area contributed by atoms with Crippen molar-refractivity contribution < 1.29 is 9.18 Å². The monoisotopic (exact) mass is 445 g/mol. The minimum atomic E-state index is -0.599. The Kier molecular flexibility index (Phi) is 5.24. The Labute approximate surface area is 190 Å². The molecule has 5 rings (SSSR count). The number of halogens is 1. The number of carbonyl (C=O) groups excluding carboxylic acids is 1. The molecule has 1 aliphatic rings. The Hall–Kier alpha value is -3.88. The van der Waals surface area contributed by atoms with Gasteiger partial charge in [0, 0.05) is 23.7 Å². The maximum absolute atomic E-state index is 14.8. The number of rotatable bonds is 6. The smallest absolute Gasteiger partial charge is 0.259 e. The van der Waals surface area contributed by atoms with E-state index in [-0.39, 0.29) is 11.6 Å². The fraction of sp³-hybridized carbons (Fsp3) is 0.292. The van der Waals surface area contributed by atoms with Gasteiger partial charge in [-0.15, -0.1) is 10.2 Å². The summed E-state index contributed by atoms with van der Waals surface area (Å²) in [4.78, 5) is 25.3. The lowest BCUT2D eigenvalue weighted by Crippen LogP contribution is -2.15. The van der Waals surface area contributed by atoms with Crippen molar-refractivity contribution in [3.63, 3.8) is 0 Å². The number of pyridine rings is 1. The number of aromatic nitrogens is 6. The first kappa shape index (κ1) is 21.0. The first-order valence-electron chi connectivity index (χ1n) is 10.9. The van der Waals surface area contributed by atoms with Crippen LogP contribution < -0.4 is 5.32 Å². The van der Waals surface area contributed by atoms with Crippen molar-refractivity contribution in [3.8, 4) is 22.9 Å². The SMILES string of the molecule is Cc1cc(F)c(C(=O)Nc2cccc(-c3nncn3C(C)C)n2)cc1-c1nc(C2CC2)c[nH]1. The number of carbonyl (C=O) groups is 1. The van der Waals surface area contributed by atoms with Crippen LogP contribution in [0.3, 0.4) is 0 Å². The van der Waals surface area contributed by atoms with Crippen LogP contribution in [0.4, 0.5) is 10.2 Å². The average Bonchev–Trinajstić information content (AvgIpc) is 3.31. The number of imidazole rings is 1. The second kappa shape index (κ2) is 8.23. The van der Waals surface area contributed by atoms with Gasteiger partial charge in [0.1, 0.15) is 29.5 Å². The van der Waals surface area contributed by atoms with Gasteiger partial charge in [-0.25, -0.2) is 14.4 Å². The van der Waals surface area contributed by atoms with Gasteiger partial charge in [0.05, 0.1) is 11.3 Å². The Morgan fingerprint density at radius 3 is 2.82 bits per heavy atom. The Morgan fingerprint density at radius 1 is 1.24 bits per heavy atom. The number of anilines is 1. The first-order valence-corrected chi connectivity index (χ1v) is 10.9. The molecule has 168 valence electrons. The Bertz CT molecular complexity index is 1340. The molecule has 33 heavy (non-hydrogen) atoms. The number of aryl methyl sites for hydroxylation is 1. The zero-order chi connectivity index (χ0) is 23.1. The van der Waals surface area contributed by atoms with Gasteiger partial charge in [0.15, 0.2) is 5.82 Å². The van der Waals surface area contributed by atoms with E-state index >= 15 is 0 Å². The van der Waals surface area contributed by atoms with E-state index in [0.29, 0.717) is 40.2 Å². The van der Waals surface area contributed by atoms with Crippen molar-refractivity contribution in [1.29, 1.82) is 0 Å². The van der Waals surface area contributed by atoms with Gasteiger partial charge < -0.3 is 14.9 Å². The molecule has 1 amide bonds. The van der Waals surface area contributed by atoms with Gasteiger partial charge in [0.2, 0.25) is 0 Å². The third-order valence-corrected chi connectivity index (χ3v) is 5.76. The van der Waals surface area contributed by atoms with Crippen molar-refractivity contribution >= 4 is 11.7 Å². The van der Waals surface area contributed by atoms with Gasteiger partial charge in [-0.1, -0.05) is 6.07 Å². The van der Waals surface area contributed by atoms with E-state index in [9.17, 15) is 9.18 Å². The van der Waals surface area contributed by atoms with Gasteiger partial charge in [-0.2, -0.15) is 0 Å². The summed E-state index contributed by atoms with van der Waals surface area (Å²) in [6.07, 6.45) is 5.81. The number of nitrogens with one attached hydrogen (secondary N) is 2. The van der Waals surface area contributed by atoms with Crippen molar-refractivity contribution in [2.24, 2.45) is 0 Å². The summed E-state index contributed by atoms with van der Waals surface area (Å²) in [7, 11) is 0. The van der Waals surface area contributed by atoms with Gasteiger partial charge in [0.25, 0.3) is 5.91 Å². The largest absolute Gasteiger partial charge is 0.344 e. The normalized spacial score (nSPS) is 13.5. The maximum atomic E-state index is 14.8. The van der Waals surface area contributed by atoms with Crippen LogP contribution in [-0.2, 0) is 0 Å². The highest BCUT2D eigenvalue weighted by Crippen LogP contribution is 2.39. The first-order chi connectivity index (χ1) is 15.9. The zero-order valence-corrected chi connectivity index (χ0v) is 18.6. The molecule has 1 saturated carbocycles. The molecule has 4 aromatic rings. The summed E-state index contributed by atoms with van der Waals surface area (Å²) < 4.78 is 16.6. The summed E-state index contributed by atoms with van der Waals surface area (Å²) in [6, 6.07) is 8.25. The molecule has 1 aromatic carbocycles. The average molecular weight is 446 g/mol. The van der Waals surface area contributed by atoms with Crippen molar-refractivity contribution in [2.75, 3.05) is 5.32 Å². The fourth-order valence-corrected chi connectivity index (χ4v) is 3.78. The van der Waals surface area contributed by atoms with Crippen LogP contribution in [-0.4, -0.2) is 35.6 Å². The van der Waals surface area contributed by atoms with Crippen molar-refractivity contribution in [2.45, 2.75) is 45.6 Å². The molecule has 0 aliphatic heterocycles. The van der Waals surface area contributed by atoms with Crippen LogP contribution in [0, 0.1) is 12.7 Å². The predicted molar refractivity (Wildman–Crippen MR) is 122 cm³/mol. The van der Waals surface area contributed by atoms with E-state index in [4.69, 9.17) is 0 Å². The minimum absolute atomic E-state index is 0.0717. The lowest BCUT2D eigenvalue weighted by Gasteiger charge is -2.11.